The lowest BCUT2D eigenvalue weighted by Crippen LogP contribution is -1.95. The largest absolute Gasteiger partial charge is 0.207 e. The first kappa shape index (κ1) is 12.5. The van der Waals surface area contributed by atoms with Crippen molar-refractivity contribution in [1.29, 1.82) is 0 Å². The molecule has 0 aliphatic rings. The van der Waals surface area contributed by atoms with E-state index in [1.165, 1.54) is 23.5 Å². The van der Waals surface area contributed by atoms with E-state index in [0.717, 1.165) is 21.4 Å². The van der Waals surface area contributed by atoms with Crippen molar-refractivity contribution in [1.82, 2.24) is 0 Å². The topological polar surface area (TPSA) is 0 Å². The molecule has 0 N–H and O–H groups in total. The molecule has 1 aromatic carbocycles. The summed E-state index contributed by atoms with van der Waals surface area (Å²) < 4.78 is 26.4. The summed E-state index contributed by atoms with van der Waals surface area (Å²) in [5.41, 5.74) is 1.45. The Labute approximate surface area is 108 Å². The molecule has 17 heavy (non-hydrogen) atoms. The van der Waals surface area contributed by atoms with Crippen LogP contribution >= 0.6 is 22.9 Å². The van der Waals surface area contributed by atoms with E-state index >= 15 is 0 Å². The fourth-order valence-corrected chi connectivity index (χ4v) is 3.00. The molecule has 1 heterocycles. The van der Waals surface area contributed by atoms with Gasteiger partial charge in [-0.05, 0) is 31.5 Å². The van der Waals surface area contributed by atoms with Crippen molar-refractivity contribution in [3.63, 3.8) is 0 Å². The third-order valence-electron chi connectivity index (χ3n) is 2.67. The van der Waals surface area contributed by atoms with Gasteiger partial charge >= 0.3 is 0 Å². The second-order valence-corrected chi connectivity index (χ2v) is 5.64. The molecule has 0 radical (unpaired) electrons. The summed E-state index contributed by atoms with van der Waals surface area (Å²) in [5, 5.41) is -0.562. The minimum absolute atomic E-state index is 0.314. The number of hydrogen-bond acceptors (Lipinski definition) is 1. The molecule has 0 saturated carbocycles. The summed E-state index contributed by atoms with van der Waals surface area (Å²) in [6.45, 7) is 3.98. The van der Waals surface area contributed by atoms with Gasteiger partial charge in [-0.15, -0.1) is 22.9 Å². The average molecular weight is 273 g/mol. The highest BCUT2D eigenvalue weighted by atomic mass is 35.5. The van der Waals surface area contributed by atoms with E-state index in [0.29, 0.717) is 5.56 Å². The van der Waals surface area contributed by atoms with Crippen LogP contribution in [0.4, 0.5) is 8.78 Å². The van der Waals surface area contributed by atoms with Gasteiger partial charge in [0.25, 0.3) is 0 Å². The van der Waals surface area contributed by atoms with Crippen LogP contribution in [0.2, 0.25) is 0 Å². The van der Waals surface area contributed by atoms with Gasteiger partial charge in [-0.2, -0.15) is 0 Å². The molecular weight excluding hydrogens is 262 g/mol. The van der Waals surface area contributed by atoms with Gasteiger partial charge in [0.1, 0.15) is 11.6 Å². The van der Waals surface area contributed by atoms with E-state index < -0.39 is 17.0 Å². The molecule has 4 heteroatoms. The Balaban J connectivity index is 2.39. The SMILES string of the molecule is Cc1cc(C(Cl)c2ccc(F)cc2F)sc1C. The number of aryl methyl sites for hydroxylation is 2. The van der Waals surface area contributed by atoms with Crippen LogP contribution in [0.25, 0.3) is 0 Å². The van der Waals surface area contributed by atoms with Gasteiger partial charge in [0.2, 0.25) is 0 Å². The zero-order valence-corrected chi connectivity index (χ0v) is 11.0. The predicted molar refractivity (Wildman–Crippen MR) is 67.8 cm³/mol. The molecule has 0 spiro atoms. The first-order chi connectivity index (χ1) is 7.99. The molecule has 0 amide bonds. The second kappa shape index (κ2) is 4.75. The average Bonchev–Trinajstić information content (AvgIpc) is 2.58. The van der Waals surface area contributed by atoms with Crippen LogP contribution in [-0.4, -0.2) is 0 Å². The standard InChI is InChI=1S/C13H11ClF2S/c1-7-5-12(17-8(7)2)13(14)10-4-3-9(15)6-11(10)16/h3-6,13H,1-2H3. The predicted octanol–water partition coefficient (Wildman–Crippen LogP) is 4.97. The molecule has 1 atom stereocenters. The molecule has 0 bridgehead atoms. The highest BCUT2D eigenvalue weighted by Gasteiger charge is 2.18. The quantitative estimate of drug-likeness (QED) is 0.677. The summed E-state index contributed by atoms with van der Waals surface area (Å²) in [4.78, 5) is 2.04. The number of halogens is 3. The lowest BCUT2D eigenvalue weighted by atomic mass is 10.1. The summed E-state index contributed by atoms with van der Waals surface area (Å²) >= 11 is 7.76. The van der Waals surface area contributed by atoms with Crippen LogP contribution in [0.15, 0.2) is 24.3 Å². The van der Waals surface area contributed by atoms with Crippen LogP contribution in [0.1, 0.15) is 26.3 Å². The van der Waals surface area contributed by atoms with Gasteiger partial charge in [0, 0.05) is 21.4 Å². The summed E-state index contributed by atoms with van der Waals surface area (Å²) in [6, 6.07) is 5.42. The van der Waals surface area contributed by atoms with Crippen LogP contribution in [0.5, 0.6) is 0 Å². The van der Waals surface area contributed by atoms with Gasteiger partial charge in [-0.25, -0.2) is 8.78 Å². The van der Waals surface area contributed by atoms with Crippen LogP contribution < -0.4 is 0 Å². The molecule has 1 unspecified atom stereocenters. The van der Waals surface area contributed by atoms with E-state index in [2.05, 4.69) is 0 Å². The van der Waals surface area contributed by atoms with E-state index in [4.69, 9.17) is 11.6 Å². The molecule has 0 aliphatic carbocycles. The lowest BCUT2D eigenvalue weighted by Gasteiger charge is -2.08. The second-order valence-electron chi connectivity index (χ2n) is 3.92. The molecular formula is C13H11ClF2S. The van der Waals surface area contributed by atoms with Crippen molar-refractivity contribution < 1.29 is 8.78 Å². The molecule has 1 aromatic heterocycles. The van der Waals surface area contributed by atoms with E-state index in [1.54, 1.807) is 0 Å². The summed E-state index contributed by atoms with van der Waals surface area (Å²) in [6.07, 6.45) is 0. The van der Waals surface area contributed by atoms with Crippen molar-refractivity contribution in [2.24, 2.45) is 0 Å². The minimum atomic E-state index is -0.603. The fraction of sp³-hybridized carbons (Fsp3) is 0.231. The van der Waals surface area contributed by atoms with Crippen molar-refractivity contribution in [3.05, 3.63) is 56.8 Å². The lowest BCUT2D eigenvalue weighted by molar-refractivity contribution is 0.574. The maximum absolute atomic E-state index is 13.6. The zero-order chi connectivity index (χ0) is 12.6. The third kappa shape index (κ3) is 2.50. The summed E-state index contributed by atoms with van der Waals surface area (Å²) in [5.74, 6) is -1.19. The highest BCUT2D eigenvalue weighted by molar-refractivity contribution is 7.12. The fourth-order valence-electron chi connectivity index (χ4n) is 1.59. The number of alkyl halides is 1. The zero-order valence-electron chi connectivity index (χ0n) is 9.43. The Morgan fingerprint density at radius 2 is 1.88 bits per heavy atom. The van der Waals surface area contributed by atoms with Gasteiger partial charge in [0.15, 0.2) is 0 Å². The van der Waals surface area contributed by atoms with Gasteiger partial charge in [-0.3, -0.25) is 0 Å². The van der Waals surface area contributed by atoms with Crippen molar-refractivity contribution in [2.75, 3.05) is 0 Å². The highest BCUT2D eigenvalue weighted by Crippen LogP contribution is 2.36. The van der Waals surface area contributed by atoms with E-state index in [1.807, 2.05) is 19.9 Å². The Morgan fingerprint density at radius 3 is 2.41 bits per heavy atom. The normalized spacial score (nSPS) is 12.8. The number of hydrogen-bond donors (Lipinski definition) is 0. The maximum atomic E-state index is 13.6. The van der Waals surface area contributed by atoms with Crippen LogP contribution in [0.3, 0.4) is 0 Å². The van der Waals surface area contributed by atoms with E-state index in [9.17, 15) is 8.78 Å². The molecule has 2 aromatic rings. The van der Waals surface area contributed by atoms with Crippen molar-refractivity contribution in [3.8, 4) is 0 Å². The van der Waals surface area contributed by atoms with Crippen molar-refractivity contribution in [2.45, 2.75) is 19.2 Å². The van der Waals surface area contributed by atoms with E-state index in [-0.39, 0.29) is 0 Å². The first-order valence-electron chi connectivity index (χ1n) is 5.15. The Morgan fingerprint density at radius 1 is 1.18 bits per heavy atom. The Hall–Kier alpha value is -0.930. The molecule has 0 fully saturated rings. The van der Waals surface area contributed by atoms with Gasteiger partial charge in [-0.1, -0.05) is 6.07 Å². The first-order valence-corrected chi connectivity index (χ1v) is 6.40. The third-order valence-corrected chi connectivity index (χ3v) is 4.49. The smallest absolute Gasteiger partial charge is 0.131 e. The summed E-state index contributed by atoms with van der Waals surface area (Å²) in [7, 11) is 0. The molecule has 0 nitrogen and oxygen atoms in total. The number of thiophene rings is 1. The Kier molecular flexibility index (Phi) is 3.50. The molecule has 90 valence electrons. The van der Waals surface area contributed by atoms with Gasteiger partial charge in [0.05, 0.1) is 5.38 Å². The Bertz CT molecular complexity index is 529. The molecule has 0 aliphatic heterocycles. The van der Waals surface area contributed by atoms with Crippen LogP contribution in [-0.2, 0) is 0 Å². The molecule has 2 rings (SSSR count). The number of benzene rings is 1. The van der Waals surface area contributed by atoms with Gasteiger partial charge < -0.3 is 0 Å². The van der Waals surface area contributed by atoms with Crippen LogP contribution in [0, 0.1) is 25.5 Å². The molecule has 0 saturated heterocycles. The minimum Gasteiger partial charge on any atom is -0.207 e. The van der Waals surface area contributed by atoms with Crippen molar-refractivity contribution >= 4 is 22.9 Å². The monoisotopic (exact) mass is 272 g/mol. The maximum Gasteiger partial charge on any atom is 0.131 e. The number of rotatable bonds is 2.